The van der Waals surface area contributed by atoms with Crippen LogP contribution in [0.15, 0.2) is 41.3 Å². The quantitative estimate of drug-likeness (QED) is 0.813. The molecule has 0 radical (unpaired) electrons. The van der Waals surface area contributed by atoms with E-state index in [1.807, 2.05) is 25.1 Å². The first-order valence-electron chi connectivity index (χ1n) is 7.78. The Labute approximate surface area is 128 Å². The van der Waals surface area contributed by atoms with E-state index in [-0.39, 0.29) is 6.04 Å². The predicted molar refractivity (Wildman–Crippen MR) is 86.7 cm³/mol. The molecule has 0 bridgehead atoms. The van der Waals surface area contributed by atoms with Crippen molar-refractivity contribution in [3.63, 3.8) is 0 Å². The molecule has 4 heteroatoms. The lowest BCUT2D eigenvalue weighted by atomic mass is 9.89. The molecular weight excluding hydrogens is 282 g/mol. The van der Waals surface area contributed by atoms with E-state index >= 15 is 0 Å². The third-order valence-corrected chi connectivity index (χ3v) is 5.54. The molecule has 0 unspecified atom stereocenters. The van der Waals surface area contributed by atoms with Gasteiger partial charge in [-0.05, 0) is 44.2 Å². The number of allylic oxidation sites excluding steroid dienone is 1. The summed E-state index contributed by atoms with van der Waals surface area (Å²) in [5.74, 6) is 0.616. The molecular formula is C17H25NO2S. The first kappa shape index (κ1) is 16.2. The summed E-state index contributed by atoms with van der Waals surface area (Å²) in [6.45, 7) is 4.15. The molecule has 116 valence electrons. The summed E-state index contributed by atoms with van der Waals surface area (Å²) in [5, 5.41) is 0. The van der Waals surface area contributed by atoms with Gasteiger partial charge in [0, 0.05) is 6.04 Å². The van der Waals surface area contributed by atoms with Crippen LogP contribution in [-0.2, 0) is 10.0 Å². The zero-order valence-electron chi connectivity index (χ0n) is 12.9. The van der Waals surface area contributed by atoms with Crippen molar-refractivity contribution in [3.8, 4) is 0 Å². The van der Waals surface area contributed by atoms with Crippen molar-refractivity contribution in [3.05, 3.63) is 42.0 Å². The lowest BCUT2D eigenvalue weighted by Crippen LogP contribution is -2.35. The van der Waals surface area contributed by atoms with Crippen LogP contribution in [0.2, 0.25) is 0 Å². The van der Waals surface area contributed by atoms with E-state index in [9.17, 15) is 8.42 Å². The van der Waals surface area contributed by atoms with Crippen molar-refractivity contribution in [2.75, 3.05) is 0 Å². The number of rotatable bonds is 6. The lowest BCUT2D eigenvalue weighted by Gasteiger charge is -2.23. The molecule has 1 aliphatic rings. The van der Waals surface area contributed by atoms with Crippen molar-refractivity contribution < 1.29 is 8.42 Å². The Hall–Kier alpha value is -1.13. The topological polar surface area (TPSA) is 46.2 Å². The number of aryl methyl sites for hydroxylation is 1. The smallest absolute Gasteiger partial charge is 0.207 e. The van der Waals surface area contributed by atoms with E-state index < -0.39 is 10.0 Å². The molecule has 0 amide bonds. The van der Waals surface area contributed by atoms with E-state index in [1.165, 1.54) is 19.3 Å². The van der Waals surface area contributed by atoms with Crippen molar-refractivity contribution in [2.45, 2.75) is 56.9 Å². The molecule has 2 rings (SSSR count). The van der Waals surface area contributed by atoms with E-state index in [1.54, 1.807) is 12.1 Å². The molecule has 0 aromatic heterocycles. The summed E-state index contributed by atoms with van der Waals surface area (Å²) in [6.07, 6.45) is 9.83. The monoisotopic (exact) mass is 307 g/mol. The van der Waals surface area contributed by atoms with Gasteiger partial charge in [0.25, 0.3) is 0 Å². The van der Waals surface area contributed by atoms with Crippen LogP contribution in [0.3, 0.4) is 0 Å². The Bertz CT molecular complexity index is 575. The van der Waals surface area contributed by atoms with Gasteiger partial charge in [0.2, 0.25) is 10.0 Å². The molecule has 1 aromatic carbocycles. The lowest BCUT2D eigenvalue weighted by molar-refractivity contribution is 0.451. The van der Waals surface area contributed by atoms with Gasteiger partial charge in [-0.25, -0.2) is 13.1 Å². The maximum atomic E-state index is 12.3. The molecule has 0 saturated heterocycles. The van der Waals surface area contributed by atoms with Crippen molar-refractivity contribution in [2.24, 2.45) is 5.92 Å². The van der Waals surface area contributed by atoms with Crippen molar-refractivity contribution in [1.29, 1.82) is 0 Å². The van der Waals surface area contributed by atoms with Crippen LogP contribution in [-0.4, -0.2) is 14.5 Å². The Morgan fingerprint density at radius 3 is 2.43 bits per heavy atom. The minimum atomic E-state index is -3.41. The number of hydrogen-bond acceptors (Lipinski definition) is 2. The van der Waals surface area contributed by atoms with Gasteiger partial charge in [0.15, 0.2) is 0 Å². The highest BCUT2D eigenvalue weighted by Crippen LogP contribution is 2.23. The maximum Gasteiger partial charge on any atom is 0.241 e. The SMILES string of the molecule is CCCC[C@@H]1C=C[C@@H](NS(=O)(=O)c2ccc(C)cc2)CC1. The average molecular weight is 307 g/mol. The summed E-state index contributed by atoms with van der Waals surface area (Å²) in [4.78, 5) is 0.342. The van der Waals surface area contributed by atoms with Gasteiger partial charge in [0.1, 0.15) is 0 Å². The molecule has 0 aliphatic heterocycles. The molecule has 1 aromatic rings. The molecule has 0 heterocycles. The third-order valence-electron chi connectivity index (χ3n) is 4.03. The fraction of sp³-hybridized carbons (Fsp3) is 0.529. The van der Waals surface area contributed by atoms with Gasteiger partial charge in [0.05, 0.1) is 4.90 Å². The molecule has 1 N–H and O–H groups in total. The number of sulfonamides is 1. The molecule has 0 spiro atoms. The van der Waals surface area contributed by atoms with E-state index in [4.69, 9.17) is 0 Å². The highest BCUT2D eigenvalue weighted by Gasteiger charge is 2.21. The minimum Gasteiger partial charge on any atom is -0.207 e. The number of unbranched alkanes of at least 4 members (excludes halogenated alkanes) is 1. The largest absolute Gasteiger partial charge is 0.241 e. The number of hydrogen-bond donors (Lipinski definition) is 1. The molecule has 2 atom stereocenters. The van der Waals surface area contributed by atoms with Gasteiger partial charge in [-0.2, -0.15) is 0 Å². The Morgan fingerprint density at radius 2 is 1.86 bits per heavy atom. The summed E-state index contributed by atoms with van der Waals surface area (Å²) in [5.41, 5.74) is 1.06. The minimum absolute atomic E-state index is 0.0748. The van der Waals surface area contributed by atoms with E-state index in [2.05, 4.69) is 17.7 Å². The molecule has 0 saturated carbocycles. The van der Waals surface area contributed by atoms with Crippen LogP contribution in [0, 0.1) is 12.8 Å². The first-order valence-corrected chi connectivity index (χ1v) is 9.27. The Balaban J connectivity index is 1.97. The van der Waals surface area contributed by atoms with Crippen LogP contribution in [0.1, 0.15) is 44.6 Å². The standard InChI is InChI=1S/C17H25NO2S/c1-3-4-5-15-8-10-16(11-9-15)18-21(19,20)17-12-6-14(2)7-13-17/h6-8,10,12-13,15-16,18H,3-5,9,11H2,1-2H3/t15-,16-/m1/s1. The van der Waals surface area contributed by atoms with Gasteiger partial charge in [-0.1, -0.05) is 49.6 Å². The zero-order chi connectivity index (χ0) is 15.3. The second-order valence-corrected chi connectivity index (χ2v) is 7.62. The highest BCUT2D eigenvalue weighted by molar-refractivity contribution is 7.89. The summed E-state index contributed by atoms with van der Waals surface area (Å²) >= 11 is 0. The molecule has 0 fully saturated rings. The van der Waals surface area contributed by atoms with Crippen LogP contribution in [0.5, 0.6) is 0 Å². The number of nitrogens with one attached hydrogen (secondary N) is 1. The van der Waals surface area contributed by atoms with Gasteiger partial charge >= 0.3 is 0 Å². The maximum absolute atomic E-state index is 12.3. The van der Waals surface area contributed by atoms with Crippen LogP contribution >= 0.6 is 0 Å². The fourth-order valence-corrected chi connectivity index (χ4v) is 3.89. The average Bonchev–Trinajstić information content (AvgIpc) is 2.47. The summed E-state index contributed by atoms with van der Waals surface area (Å²) in [6, 6.07) is 6.90. The summed E-state index contributed by atoms with van der Waals surface area (Å²) in [7, 11) is -3.41. The fourth-order valence-electron chi connectivity index (χ4n) is 2.67. The normalized spacial score (nSPS) is 22.4. The van der Waals surface area contributed by atoms with E-state index in [0.717, 1.165) is 18.4 Å². The molecule has 3 nitrogen and oxygen atoms in total. The van der Waals surface area contributed by atoms with Crippen LogP contribution in [0.25, 0.3) is 0 Å². The molecule has 1 aliphatic carbocycles. The highest BCUT2D eigenvalue weighted by atomic mass is 32.2. The second-order valence-electron chi connectivity index (χ2n) is 5.91. The summed E-state index contributed by atoms with van der Waals surface area (Å²) < 4.78 is 27.4. The third kappa shape index (κ3) is 4.68. The predicted octanol–water partition coefficient (Wildman–Crippen LogP) is 3.80. The molecule has 21 heavy (non-hydrogen) atoms. The Morgan fingerprint density at radius 1 is 1.14 bits per heavy atom. The van der Waals surface area contributed by atoms with E-state index in [0.29, 0.717) is 10.8 Å². The van der Waals surface area contributed by atoms with Crippen molar-refractivity contribution in [1.82, 2.24) is 4.72 Å². The van der Waals surface area contributed by atoms with Crippen LogP contribution in [0.4, 0.5) is 0 Å². The second kappa shape index (κ2) is 7.23. The number of benzene rings is 1. The van der Waals surface area contributed by atoms with Crippen LogP contribution < -0.4 is 4.72 Å². The van der Waals surface area contributed by atoms with Gasteiger partial charge in [-0.3, -0.25) is 0 Å². The van der Waals surface area contributed by atoms with Gasteiger partial charge in [-0.15, -0.1) is 0 Å². The zero-order valence-corrected chi connectivity index (χ0v) is 13.7. The van der Waals surface area contributed by atoms with Gasteiger partial charge < -0.3 is 0 Å². The Kier molecular flexibility index (Phi) is 5.59. The van der Waals surface area contributed by atoms with Crippen molar-refractivity contribution >= 4 is 10.0 Å². The first-order chi connectivity index (χ1) is 10.0.